The summed E-state index contributed by atoms with van der Waals surface area (Å²) < 4.78 is 0. The van der Waals surface area contributed by atoms with Gasteiger partial charge in [0.15, 0.2) is 0 Å². The molecule has 0 saturated carbocycles. The summed E-state index contributed by atoms with van der Waals surface area (Å²) in [5.41, 5.74) is 1.34. The van der Waals surface area contributed by atoms with Crippen molar-refractivity contribution in [2.24, 2.45) is 0 Å². The minimum atomic E-state index is -0.0148. The van der Waals surface area contributed by atoms with Crippen LogP contribution in [0.15, 0.2) is 18.2 Å². The summed E-state index contributed by atoms with van der Waals surface area (Å²) in [5.74, 6) is 0.161. The van der Waals surface area contributed by atoms with Crippen LogP contribution in [-0.4, -0.2) is 54.5 Å². The molecule has 0 radical (unpaired) electrons. The predicted molar refractivity (Wildman–Crippen MR) is 77.6 cm³/mol. The number of phenolic OH excluding ortho intramolecular Hbond substituents is 1. The smallest absolute Gasteiger partial charge is 0.254 e. The largest absolute Gasteiger partial charge is 0.508 e. The summed E-state index contributed by atoms with van der Waals surface area (Å²) in [4.78, 5) is 16.3. The zero-order valence-electron chi connectivity index (χ0n) is 12.3. The molecule has 4 nitrogen and oxygen atoms in total. The molecule has 1 N–H and O–H groups in total. The molecule has 0 heterocycles. The monoisotopic (exact) mass is 264 g/mol. The normalized spacial score (nSPS) is 10.8. The number of rotatable bonds is 6. The Morgan fingerprint density at radius 2 is 1.89 bits per heavy atom. The fourth-order valence-corrected chi connectivity index (χ4v) is 1.83. The number of likely N-dealkylation sites (N-methyl/N-ethyl adjacent to an activating group) is 1. The maximum atomic E-state index is 12.4. The molecule has 0 unspecified atom stereocenters. The second-order valence-electron chi connectivity index (χ2n) is 5.10. The lowest BCUT2D eigenvalue weighted by atomic mass is 10.1. The van der Waals surface area contributed by atoms with Crippen molar-refractivity contribution >= 4 is 5.91 Å². The molecule has 0 bridgehead atoms. The lowest BCUT2D eigenvalue weighted by Gasteiger charge is -2.24. The second kappa shape index (κ2) is 7.14. The molecule has 0 fully saturated rings. The molecular weight excluding hydrogens is 240 g/mol. The van der Waals surface area contributed by atoms with Crippen molar-refractivity contribution < 1.29 is 9.90 Å². The number of carbonyl (C=O) groups excluding carboxylic acids is 1. The standard InChI is InChI=1S/C15H24N2O2/c1-5-8-17(10-9-16(3)4)15(19)13-7-6-12(2)14(18)11-13/h6-7,11,18H,5,8-10H2,1-4H3. The van der Waals surface area contributed by atoms with E-state index in [2.05, 4.69) is 11.8 Å². The highest BCUT2D eigenvalue weighted by Gasteiger charge is 2.15. The number of hydrogen-bond acceptors (Lipinski definition) is 3. The Morgan fingerprint density at radius 3 is 2.42 bits per heavy atom. The molecule has 4 heteroatoms. The Labute approximate surface area is 115 Å². The van der Waals surface area contributed by atoms with Crippen LogP contribution in [0.5, 0.6) is 5.75 Å². The number of phenols is 1. The Balaban J connectivity index is 2.82. The van der Waals surface area contributed by atoms with Crippen LogP contribution in [0.4, 0.5) is 0 Å². The van der Waals surface area contributed by atoms with E-state index in [1.807, 2.05) is 25.9 Å². The summed E-state index contributed by atoms with van der Waals surface area (Å²) >= 11 is 0. The third-order valence-corrected chi connectivity index (χ3v) is 3.05. The third kappa shape index (κ3) is 4.56. The van der Waals surface area contributed by atoms with E-state index in [0.29, 0.717) is 12.1 Å². The van der Waals surface area contributed by atoms with Gasteiger partial charge in [0, 0.05) is 25.2 Å². The van der Waals surface area contributed by atoms with E-state index < -0.39 is 0 Å². The molecule has 0 aromatic heterocycles. The first-order valence-electron chi connectivity index (χ1n) is 6.69. The molecule has 0 saturated heterocycles. The first-order valence-corrected chi connectivity index (χ1v) is 6.69. The van der Waals surface area contributed by atoms with Crippen LogP contribution >= 0.6 is 0 Å². The lowest BCUT2D eigenvalue weighted by Crippen LogP contribution is -2.37. The van der Waals surface area contributed by atoms with Crippen LogP contribution in [0.25, 0.3) is 0 Å². The van der Waals surface area contributed by atoms with Crippen LogP contribution in [0.2, 0.25) is 0 Å². The molecule has 0 spiro atoms. The van der Waals surface area contributed by atoms with Crippen LogP contribution in [0.1, 0.15) is 29.3 Å². The van der Waals surface area contributed by atoms with Crippen molar-refractivity contribution in [3.8, 4) is 5.75 Å². The minimum absolute atomic E-state index is 0.0148. The molecule has 1 amide bonds. The van der Waals surface area contributed by atoms with Gasteiger partial charge in [-0.1, -0.05) is 13.0 Å². The van der Waals surface area contributed by atoms with Gasteiger partial charge in [-0.25, -0.2) is 0 Å². The van der Waals surface area contributed by atoms with Gasteiger partial charge in [-0.2, -0.15) is 0 Å². The molecular formula is C15H24N2O2. The third-order valence-electron chi connectivity index (χ3n) is 3.05. The quantitative estimate of drug-likeness (QED) is 0.856. The number of aryl methyl sites for hydroxylation is 1. The Kier molecular flexibility index (Phi) is 5.83. The number of nitrogens with zero attached hydrogens (tertiary/aromatic N) is 2. The SMILES string of the molecule is CCCN(CCN(C)C)C(=O)c1ccc(C)c(O)c1. The van der Waals surface area contributed by atoms with E-state index in [9.17, 15) is 9.90 Å². The molecule has 1 aromatic carbocycles. The highest BCUT2D eigenvalue weighted by atomic mass is 16.3. The maximum absolute atomic E-state index is 12.4. The Hall–Kier alpha value is -1.55. The van der Waals surface area contributed by atoms with Crippen LogP contribution in [-0.2, 0) is 0 Å². The van der Waals surface area contributed by atoms with Crippen molar-refractivity contribution in [1.29, 1.82) is 0 Å². The fraction of sp³-hybridized carbons (Fsp3) is 0.533. The van der Waals surface area contributed by atoms with Gasteiger partial charge in [0.1, 0.15) is 5.75 Å². The minimum Gasteiger partial charge on any atom is -0.508 e. The first kappa shape index (κ1) is 15.5. The molecule has 1 aromatic rings. The Morgan fingerprint density at radius 1 is 1.21 bits per heavy atom. The molecule has 106 valence electrons. The van der Waals surface area contributed by atoms with Crippen LogP contribution in [0, 0.1) is 6.92 Å². The van der Waals surface area contributed by atoms with Gasteiger partial charge in [-0.3, -0.25) is 4.79 Å². The summed E-state index contributed by atoms with van der Waals surface area (Å²) in [6.45, 7) is 6.15. The summed E-state index contributed by atoms with van der Waals surface area (Å²) in [6, 6.07) is 5.10. The number of aromatic hydroxyl groups is 1. The van der Waals surface area contributed by atoms with E-state index in [4.69, 9.17) is 0 Å². The Bertz CT molecular complexity index is 430. The van der Waals surface area contributed by atoms with Crippen molar-refractivity contribution in [2.75, 3.05) is 33.7 Å². The lowest BCUT2D eigenvalue weighted by molar-refractivity contribution is 0.0744. The highest BCUT2D eigenvalue weighted by Crippen LogP contribution is 2.18. The van der Waals surface area contributed by atoms with Crippen molar-refractivity contribution in [3.63, 3.8) is 0 Å². The first-order chi connectivity index (χ1) is 8.95. The van der Waals surface area contributed by atoms with Gasteiger partial charge >= 0.3 is 0 Å². The van der Waals surface area contributed by atoms with E-state index in [-0.39, 0.29) is 11.7 Å². The highest BCUT2D eigenvalue weighted by molar-refractivity contribution is 5.94. The average molecular weight is 264 g/mol. The van der Waals surface area contributed by atoms with E-state index in [0.717, 1.165) is 25.1 Å². The zero-order chi connectivity index (χ0) is 14.4. The molecule has 0 aliphatic carbocycles. The van der Waals surface area contributed by atoms with Gasteiger partial charge < -0.3 is 14.9 Å². The summed E-state index contributed by atoms with van der Waals surface area (Å²) in [5, 5.41) is 9.70. The molecule has 0 aliphatic rings. The van der Waals surface area contributed by atoms with Gasteiger partial charge in [0.25, 0.3) is 5.91 Å². The van der Waals surface area contributed by atoms with E-state index in [1.54, 1.807) is 18.2 Å². The second-order valence-corrected chi connectivity index (χ2v) is 5.10. The maximum Gasteiger partial charge on any atom is 0.254 e. The van der Waals surface area contributed by atoms with Crippen molar-refractivity contribution in [2.45, 2.75) is 20.3 Å². The van der Waals surface area contributed by atoms with Gasteiger partial charge in [0.2, 0.25) is 0 Å². The summed E-state index contributed by atoms with van der Waals surface area (Å²) in [6.07, 6.45) is 0.928. The zero-order valence-corrected chi connectivity index (χ0v) is 12.3. The molecule has 1 rings (SSSR count). The number of carbonyl (C=O) groups is 1. The van der Waals surface area contributed by atoms with Crippen molar-refractivity contribution in [3.05, 3.63) is 29.3 Å². The van der Waals surface area contributed by atoms with Gasteiger partial charge in [-0.15, -0.1) is 0 Å². The topological polar surface area (TPSA) is 43.8 Å². The average Bonchev–Trinajstić information content (AvgIpc) is 2.36. The predicted octanol–water partition coefficient (Wildman–Crippen LogP) is 2.11. The number of hydrogen-bond donors (Lipinski definition) is 1. The van der Waals surface area contributed by atoms with Gasteiger partial charge in [0.05, 0.1) is 0 Å². The molecule has 19 heavy (non-hydrogen) atoms. The fourth-order valence-electron chi connectivity index (χ4n) is 1.83. The van der Waals surface area contributed by atoms with Crippen LogP contribution in [0.3, 0.4) is 0 Å². The molecule has 0 aliphatic heterocycles. The van der Waals surface area contributed by atoms with Crippen LogP contribution < -0.4 is 0 Å². The van der Waals surface area contributed by atoms with Gasteiger partial charge in [-0.05, 0) is 45.1 Å². The van der Waals surface area contributed by atoms with Crippen molar-refractivity contribution in [1.82, 2.24) is 9.80 Å². The van der Waals surface area contributed by atoms with E-state index in [1.165, 1.54) is 0 Å². The number of amides is 1. The summed E-state index contributed by atoms with van der Waals surface area (Å²) in [7, 11) is 3.98. The molecule has 0 atom stereocenters. The van der Waals surface area contributed by atoms with E-state index >= 15 is 0 Å². The number of benzene rings is 1.